The molecule has 0 aromatic carbocycles. The van der Waals surface area contributed by atoms with Crippen LogP contribution in [-0.4, -0.2) is 36.0 Å². The van der Waals surface area contributed by atoms with Crippen molar-refractivity contribution in [2.75, 3.05) is 13.7 Å². The van der Waals surface area contributed by atoms with E-state index in [-0.39, 0.29) is 23.1 Å². The molecule has 0 bridgehead atoms. The standard InChI is InChI=1S/C17H23NO3.BrH/c1-10-5-11-3-4-18(20-2)9-12-7-13(19)8-15-17(12)16(11)14(6-10)21-15;/h3-4,8,10,12-14,17,19H,5-7,9H2,1-2H3;1H/b4-3-;. The molecule has 22 heavy (non-hydrogen) atoms. The van der Waals surface area contributed by atoms with Gasteiger partial charge in [0.15, 0.2) is 0 Å². The summed E-state index contributed by atoms with van der Waals surface area (Å²) in [6, 6.07) is 0. The van der Waals surface area contributed by atoms with Crippen LogP contribution in [0.1, 0.15) is 26.2 Å². The molecule has 4 aliphatic rings. The zero-order chi connectivity index (χ0) is 14.6. The molecule has 4 nitrogen and oxygen atoms in total. The van der Waals surface area contributed by atoms with Crippen molar-refractivity contribution < 1.29 is 14.7 Å². The first-order valence-corrected chi connectivity index (χ1v) is 7.94. The average molecular weight is 370 g/mol. The molecule has 0 saturated carbocycles. The van der Waals surface area contributed by atoms with Crippen molar-refractivity contribution in [3.05, 3.63) is 35.3 Å². The second-order valence-electron chi connectivity index (χ2n) is 6.84. The molecule has 4 rings (SSSR count). The molecule has 0 aromatic rings. The minimum absolute atomic E-state index is 0. The number of hydrogen-bond acceptors (Lipinski definition) is 4. The fourth-order valence-corrected chi connectivity index (χ4v) is 4.46. The maximum Gasteiger partial charge on any atom is 0.121 e. The highest BCUT2D eigenvalue weighted by Gasteiger charge is 2.47. The molecule has 1 saturated heterocycles. The highest BCUT2D eigenvalue weighted by Crippen LogP contribution is 2.51. The van der Waals surface area contributed by atoms with Crippen molar-refractivity contribution in [2.24, 2.45) is 17.8 Å². The number of halogens is 1. The van der Waals surface area contributed by atoms with E-state index in [0.717, 1.165) is 31.6 Å². The first kappa shape index (κ1) is 16.1. The predicted octanol–water partition coefficient (Wildman–Crippen LogP) is 2.96. The second kappa shape index (κ2) is 6.02. The Balaban J connectivity index is 0.00000144. The first-order valence-electron chi connectivity index (χ1n) is 7.94. The smallest absolute Gasteiger partial charge is 0.121 e. The molecule has 0 spiro atoms. The topological polar surface area (TPSA) is 41.9 Å². The van der Waals surface area contributed by atoms with Gasteiger partial charge in [0.1, 0.15) is 11.9 Å². The second-order valence-corrected chi connectivity index (χ2v) is 6.84. The van der Waals surface area contributed by atoms with Gasteiger partial charge in [-0.15, -0.1) is 17.0 Å². The summed E-state index contributed by atoms with van der Waals surface area (Å²) in [6.07, 6.45) is 8.98. The van der Waals surface area contributed by atoms with E-state index in [2.05, 4.69) is 13.0 Å². The Bertz CT molecular complexity index is 542. The highest BCUT2D eigenvalue weighted by molar-refractivity contribution is 8.93. The summed E-state index contributed by atoms with van der Waals surface area (Å²) in [5.74, 6) is 2.33. The number of nitrogens with zero attached hydrogens (tertiary/aromatic N) is 1. The molecule has 122 valence electrons. The lowest BCUT2D eigenvalue weighted by Gasteiger charge is -2.36. The molecule has 1 N–H and O–H groups in total. The molecule has 5 heteroatoms. The average Bonchev–Trinajstić information content (AvgIpc) is 2.78. The van der Waals surface area contributed by atoms with Crippen LogP contribution in [0, 0.1) is 17.8 Å². The Morgan fingerprint density at radius 1 is 1.36 bits per heavy atom. The summed E-state index contributed by atoms with van der Waals surface area (Å²) in [6.45, 7) is 3.09. The van der Waals surface area contributed by atoms with Crippen molar-refractivity contribution in [3.63, 3.8) is 0 Å². The summed E-state index contributed by atoms with van der Waals surface area (Å²) >= 11 is 0. The van der Waals surface area contributed by atoms with Gasteiger partial charge in [-0.1, -0.05) is 6.92 Å². The van der Waals surface area contributed by atoms with Crippen LogP contribution in [0.4, 0.5) is 0 Å². The zero-order valence-corrected chi connectivity index (χ0v) is 14.8. The molecule has 0 aromatic heterocycles. The van der Waals surface area contributed by atoms with Crippen molar-refractivity contribution in [2.45, 2.75) is 38.4 Å². The van der Waals surface area contributed by atoms with Gasteiger partial charge in [-0.3, -0.25) is 9.90 Å². The van der Waals surface area contributed by atoms with E-state index in [1.54, 1.807) is 7.11 Å². The Morgan fingerprint density at radius 2 is 2.18 bits per heavy atom. The molecular weight excluding hydrogens is 346 g/mol. The van der Waals surface area contributed by atoms with Gasteiger partial charge in [-0.05, 0) is 54.4 Å². The number of rotatable bonds is 1. The van der Waals surface area contributed by atoms with Gasteiger partial charge in [-0.2, -0.15) is 0 Å². The fourth-order valence-electron chi connectivity index (χ4n) is 4.46. The van der Waals surface area contributed by atoms with Gasteiger partial charge in [0, 0.05) is 18.7 Å². The number of hydrogen-bond donors (Lipinski definition) is 1. The van der Waals surface area contributed by atoms with Crippen LogP contribution in [0.15, 0.2) is 35.3 Å². The summed E-state index contributed by atoms with van der Waals surface area (Å²) < 4.78 is 6.22. The molecule has 2 aliphatic heterocycles. The predicted molar refractivity (Wildman–Crippen MR) is 89.2 cm³/mol. The van der Waals surface area contributed by atoms with Gasteiger partial charge >= 0.3 is 0 Å². The molecule has 5 unspecified atom stereocenters. The monoisotopic (exact) mass is 369 g/mol. The van der Waals surface area contributed by atoms with Gasteiger partial charge in [-0.25, -0.2) is 0 Å². The van der Waals surface area contributed by atoms with E-state index in [0.29, 0.717) is 17.8 Å². The molecule has 2 heterocycles. The van der Waals surface area contributed by atoms with E-state index in [4.69, 9.17) is 9.57 Å². The van der Waals surface area contributed by atoms with Crippen LogP contribution >= 0.6 is 17.0 Å². The molecular formula is C17H24BrNO3. The van der Waals surface area contributed by atoms with Gasteiger partial charge in [0.2, 0.25) is 0 Å². The van der Waals surface area contributed by atoms with Crippen molar-refractivity contribution in [1.82, 2.24) is 5.06 Å². The lowest BCUT2D eigenvalue weighted by molar-refractivity contribution is -0.103. The highest BCUT2D eigenvalue weighted by atomic mass is 79.9. The molecule has 0 amide bonds. The largest absolute Gasteiger partial charge is 0.490 e. The molecule has 2 aliphatic carbocycles. The minimum atomic E-state index is -0.398. The number of aliphatic hydroxyl groups is 1. The maximum absolute atomic E-state index is 10.1. The number of hydroxylamine groups is 2. The van der Waals surface area contributed by atoms with Gasteiger partial charge in [0.05, 0.1) is 13.2 Å². The van der Waals surface area contributed by atoms with Crippen LogP contribution < -0.4 is 0 Å². The number of aliphatic hydroxyl groups excluding tert-OH is 1. The third kappa shape index (κ3) is 2.53. The van der Waals surface area contributed by atoms with Gasteiger partial charge in [0.25, 0.3) is 0 Å². The van der Waals surface area contributed by atoms with Crippen LogP contribution in [0.3, 0.4) is 0 Å². The Hall–Kier alpha value is -0.780. The van der Waals surface area contributed by atoms with E-state index < -0.39 is 6.10 Å². The summed E-state index contributed by atoms with van der Waals surface area (Å²) in [7, 11) is 1.70. The third-order valence-electron chi connectivity index (χ3n) is 5.29. The Kier molecular flexibility index (Phi) is 4.40. The summed E-state index contributed by atoms with van der Waals surface area (Å²) in [5.41, 5.74) is 2.89. The van der Waals surface area contributed by atoms with Gasteiger partial charge < -0.3 is 9.84 Å². The fraction of sp³-hybridized carbons (Fsp3) is 0.647. The quantitative estimate of drug-likeness (QED) is 0.771. The Morgan fingerprint density at radius 3 is 2.95 bits per heavy atom. The minimum Gasteiger partial charge on any atom is -0.490 e. The van der Waals surface area contributed by atoms with Crippen LogP contribution in [0.25, 0.3) is 0 Å². The lowest BCUT2D eigenvalue weighted by Crippen LogP contribution is -2.36. The molecule has 0 radical (unpaired) electrons. The molecule has 5 atom stereocenters. The van der Waals surface area contributed by atoms with E-state index in [1.807, 2.05) is 17.3 Å². The summed E-state index contributed by atoms with van der Waals surface area (Å²) in [5, 5.41) is 12.0. The van der Waals surface area contributed by atoms with E-state index in [9.17, 15) is 5.11 Å². The van der Waals surface area contributed by atoms with Crippen LogP contribution in [-0.2, 0) is 9.57 Å². The zero-order valence-electron chi connectivity index (χ0n) is 13.1. The van der Waals surface area contributed by atoms with Crippen molar-refractivity contribution >= 4 is 17.0 Å². The molecule has 1 fully saturated rings. The van der Waals surface area contributed by atoms with Crippen LogP contribution in [0.2, 0.25) is 0 Å². The van der Waals surface area contributed by atoms with Crippen molar-refractivity contribution in [3.8, 4) is 0 Å². The first-order chi connectivity index (χ1) is 10.2. The summed E-state index contributed by atoms with van der Waals surface area (Å²) in [4.78, 5) is 5.45. The number of ether oxygens (including phenoxy) is 1. The maximum atomic E-state index is 10.1. The third-order valence-corrected chi connectivity index (χ3v) is 5.29. The van der Waals surface area contributed by atoms with E-state index in [1.165, 1.54) is 11.1 Å². The number of allylic oxidation sites excluding steroid dienone is 3. The van der Waals surface area contributed by atoms with Crippen molar-refractivity contribution in [1.29, 1.82) is 0 Å². The Labute approximate surface area is 142 Å². The van der Waals surface area contributed by atoms with Crippen LogP contribution in [0.5, 0.6) is 0 Å². The van der Waals surface area contributed by atoms with E-state index >= 15 is 0 Å². The SMILES string of the molecule is Br.CON1/C=C\C2=C3C(CC(C)C2)OC2=CC(O)CC(C1)C23. The normalized spacial score (nSPS) is 40.8. The lowest BCUT2D eigenvalue weighted by atomic mass is 9.71.